The van der Waals surface area contributed by atoms with Gasteiger partial charge >= 0.3 is 5.97 Å². The first kappa shape index (κ1) is 25.6. The van der Waals surface area contributed by atoms with Crippen LogP contribution in [0, 0.1) is 0 Å². The highest BCUT2D eigenvalue weighted by atomic mass is 16.5. The van der Waals surface area contributed by atoms with E-state index in [0.717, 1.165) is 12.8 Å². The molecule has 0 aliphatic carbocycles. The second kappa shape index (κ2) is 14.6. The van der Waals surface area contributed by atoms with Crippen LogP contribution in [0.3, 0.4) is 0 Å². The van der Waals surface area contributed by atoms with Gasteiger partial charge in [0.2, 0.25) is 0 Å². The number of esters is 1. The predicted molar refractivity (Wildman–Crippen MR) is 105 cm³/mol. The molecule has 0 bridgehead atoms. The lowest BCUT2D eigenvalue weighted by Gasteiger charge is -2.29. The van der Waals surface area contributed by atoms with Crippen molar-refractivity contribution in [3.63, 3.8) is 0 Å². The number of allylic oxidation sites excluding steroid dienone is 1. The Morgan fingerprint density at radius 1 is 1.04 bits per heavy atom. The van der Waals surface area contributed by atoms with E-state index in [1.807, 2.05) is 33.3 Å². The first-order valence-electron chi connectivity index (χ1n) is 10.2. The second-order valence-electron chi connectivity index (χ2n) is 8.28. The molecule has 6 nitrogen and oxygen atoms in total. The molecule has 0 saturated heterocycles. The lowest BCUT2D eigenvalue weighted by atomic mass is 10.1. The lowest BCUT2D eigenvalue weighted by Crippen LogP contribution is -2.45. The van der Waals surface area contributed by atoms with Crippen LogP contribution in [0.1, 0.15) is 71.1 Å². The summed E-state index contributed by atoms with van der Waals surface area (Å²) in [6.07, 6.45) is 10.8. The van der Waals surface area contributed by atoms with Crippen molar-refractivity contribution >= 4 is 11.9 Å². The molecule has 6 heteroatoms. The van der Waals surface area contributed by atoms with Gasteiger partial charge in [-0.3, -0.25) is 4.79 Å². The van der Waals surface area contributed by atoms with Crippen molar-refractivity contribution in [1.29, 1.82) is 0 Å². The molecule has 0 saturated carbocycles. The molecule has 1 N–H and O–H groups in total. The smallest absolute Gasteiger partial charge is 0.308 e. The van der Waals surface area contributed by atoms with Crippen LogP contribution in [0.15, 0.2) is 12.2 Å². The van der Waals surface area contributed by atoms with Crippen molar-refractivity contribution in [1.82, 2.24) is 0 Å². The average molecular weight is 386 g/mol. The summed E-state index contributed by atoms with van der Waals surface area (Å²) in [5, 5.41) is 20.8. The predicted octanol–water partition coefficient (Wildman–Crippen LogP) is 2.19. The number of unbranched alkanes of at least 4 members (excludes halogenated alkanes) is 6. The zero-order chi connectivity index (χ0) is 20.7. The number of likely N-dealkylation sites (N-methyl/N-ethyl adjacent to an activating group) is 1. The van der Waals surface area contributed by atoms with E-state index >= 15 is 0 Å². The molecule has 0 aromatic carbocycles. The third-order valence-corrected chi connectivity index (χ3v) is 4.15. The van der Waals surface area contributed by atoms with Crippen LogP contribution in [0.25, 0.3) is 0 Å². The number of quaternary nitrogens is 1. The van der Waals surface area contributed by atoms with E-state index in [0.29, 0.717) is 17.4 Å². The quantitative estimate of drug-likeness (QED) is 0.190. The summed E-state index contributed by atoms with van der Waals surface area (Å²) in [5.41, 5.74) is 0. The first-order chi connectivity index (χ1) is 12.6. The zero-order valence-electron chi connectivity index (χ0n) is 17.6. The van der Waals surface area contributed by atoms with Gasteiger partial charge in [0.25, 0.3) is 0 Å². The molecule has 0 aliphatic rings. The summed E-state index contributed by atoms with van der Waals surface area (Å²) in [5.74, 6) is -1.83. The highest BCUT2D eigenvalue weighted by Crippen LogP contribution is 2.10. The molecular formula is C21H39NO5. The van der Waals surface area contributed by atoms with Gasteiger partial charge < -0.3 is 24.2 Å². The summed E-state index contributed by atoms with van der Waals surface area (Å²) in [6.45, 7) is 2.57. The molecule has 0 radical (unpaired) electrons. The number of aliphatic hydroxyl groups excluding tert-OH is 1. The number of carbonyl (C=O) groups is 2. The van der Waals surface area contributed by atoms with Gasteiger partial charge in [-0.2, -0.15) is 0 Å². The Morgan fingerprint density at radius 3 is 2.26 bits per heavy atom. The van der Waals surface area contributed by atoms with Crippen molar-refractivity contribution in [3.05, 3.63) is 12.2 Å². The zero-order valence-corrected chi connectivity index (χ0v) is 17.6. The summed E-state index contributed by atoms with van der Waals surface area (Å²) in [4.78, 5) is 22.8. The van der Waals surface area contributed by atoms with E-state index in [4.69, 9.17) is 4.74 Å². The van der Waals surface area contributed by atoms with Gasteiger partial charge in [0.05, 0.1) is 33.7 Å². The number of carboxylic acid groups (broad SMARTS) is 1. The Kier molecular flexibility index (Phi) is 13.9. The van der Waals surface area contributed by atoms with E-state index in [1.165, 1.54) is 32.1 Å². The highest BCUT2D eigenvalue weighted by molar-refractivity contribution is 5.71. The van der Waals surface area contributed by atoms with Gasteiger partial charge in [-0.15, -0.1) is 0 Å². The van der Waals surface area contributed by atoms with Crippen molar-refractivity contribution < 1.29 is 29.0 Å². The molecular weight excluding hydrogens is 346 g/mol. The third kappa shape index (κ3) is 17.8. The van der Waals surface area contributed by atoms with Crippen LogP contribution in [0.4, 0.5) is 0 Å². The van der Waals surface area contributed by atoms with Crippen LogP contribution in [-0.2, 0) is 14.3 Å². The highest BCUT2D eigenvalue weighted by Gasteiger charge is 2.23. The van der Waals surface area contributed by atoms with Crippen LogP contribution in [0.2, 0.25) is 0 Å². The van der Waals surface area contributed by atoms with Gasteiger partial charge in [0.15, 0.2) is 6.10 Å². The van der Waals surface area contributed by atoms with E-state index in [9.17, 15) is 19.8 Å². The van der Waals surface area contributed by atoms with E-state index in [1.54, 1.807) is 0 Å². The molecule has 0 spiro atoms. The molecule has 1 unspecified atom stereocenters. The van der Waals surface area contributed by atoms with Gasteiger partial charge in [0, 0.05) is 12.4 Å². The Balaban J connectivity index is 4.06. The van der Waals surface area contributed by atoms with E-state index in [-0.39, 0.29) is 12.8 Å². The maximum Gasteiger partial charge on any atom is 0.308 e. The molecule has 0 aromatic rings. The van der Waals surface area contributed by atoms with Crippen LogP contribution in [0.5, 0.6) is 0 Å². The molecule has 0 aliphatic heterocycles. The first-order valence-corrected chi connectivity index (χ1v) is 10.2. The standard InChI is InChI=1S/C21H39NO5/c1-5-6-7-8-9-10-11-12-13-14-18(23)15-21(26)27-19(16-20(24)25)17-22(2,3)4/h12-13,18-19,23H,5-11,14-17H2,1-4H3/b13-12-/t18?,19-/m1/s1. The number of rotatable bonds is 16. The number of carboxylic acids is 1. The third-order valence-electron chi connectivity index (χ3n) is 4.15. The Bertz CT molecular complexity index is 442. The van der Waals surface area contributed by atoms with Gasteiger partial charge in [0.1, 0.15) is 6.54 Å². The van der Waals surface area contributed by atoms with Gasteiger partial charge in [-0.05, 0) is 19.3 Å². The molecule has 158 valence electrons. The largest absolute Gasteiger partial charge is 0.550 e. The minimum Gasteiger partial charge on any atom is -0.550 e. The minimum atomic E-state index is -1.25. The SMILES string of the molecule is CCCCCCCC/C=C\CC(O)CC(=O)O[C@H](CC(=O)[O-])C[N+](C)(C)C. The number of nitrogens with zero attached hydrogens (tertiary/aromatic N) is 1. The van der Waals surface area contributed by atoms with E-state index in [2.05, 4.69) is 6.92 Å². The average Bonchev–Trinajstić information content (AvgIpc) is 2.50. The monoisotopic (exact) mass is 385 g/mol. The molecule has 2 atom stereocenters. The number of aliphatic carboxylic acids is 1. The Morgan fingerprint density at radius 2 is 1.67 bits per heavy atom. The number of aliphatic hydroxyl groups is 1. The summed E-state index contributed by atoms with van der Waals surface area (Å²) in [7, 11) is 5.67. The van der Waals surface area contributed by atoms with Crippen LogP contribution in [-0.4, -0.2) is 61.4 Å². The summed E-state index contributed by atoms with van der Waals surface area (Å²) >= 11 is 0. The van der Waals surface area contributed by atoms with Crippen molar-refractivity contribution in [2.75, 3.05) is 27.7 Å². The van der Waals surface area contributed by atoms with Crippen molar-refractivity contribution in [2.45, 2.75) is 83.3 Å². The van der Waals surface area contributed by atoms with Crippen LogP contribution < -0.4 is 5.11 Å². The number of ether oxygens (including phenoxy) is 1. The van der Waals surface area contributed by atoms with Gasteiger partial charge in [-0.1, -0.05) is 51.2 Å². The van der Waals surface area contributed by atoms with Crippen molar-refractivity contribution in [2.24, 2.45) is 0 Å². The van der Waals surface area contributed by atoms with E-state index < -0.39 is 24.1 Å². The minimum absolute atomic E-state index is 0.137. The normalized spacial score (nSPS) is 14.3. The Labute approximate surface area is 164 Å². The lowest BCUT2D eigenvalue weighted by molar-refractivity contribution is -0.873. The number of hydrogen-bond acceptors (Lipinski definition) is 5. The summed E-state index contributed by atoms with van der Waals surface area (Å²) in [6, 6.07) is 0. The molecule has 27 heavy (non-hydrogen) atoms. The molecule has 0 heterocycles. The fraction of sp³-hybridized carbons (Fsp3) is 0.810. The van der Waals surface area contributed by atoms with Crippen LogP contribution >= 0.6 is 0 Å². The second-order valence-corrected chi connectivity index (χ2v) is 8.28. The molecule has 0 fully saturated rings. The summed E-state index contributed by atoms with van der Waals surface area (Å²) < 4.78 is 5.71. The Hall–Kier alpha value is -1.40. The van der Waals surface area contributed by atoms with Gasteiger partial charge in [-0.25, -0.2) is 0 Å². The maximum absolute atomic E-state index is 12.0. The fourth-order valence-corrected chi connectivity index (χ4v) is 2.86. The molecule has 0 aromatic heterocycles. The fourth-order valence-electron chi connectivity index (χ4n) is 2.86. The molecule has 0 rings (SSSR count). The topological polar surface area (TPSA) is 86.7 Å². The van der Waals surface area contributed by atoms with Crippen molar-refractivity contribution in [3.8, 4) is 0 Å². The number of hydrogen-bond donors (Lipinski definition) is 1. The maximum atomic E-state index is 12.0. The molecule has 0 amide bonds. The number of carbonyl (C=O) groups excluding carboxylic acids is 2.